The molecule has 0 saturated carbocycles. The number of hydrogen-bond donors (Lipinski definition) is 1. The molecule has 15 heavy (non-hydrogen) atoms. The number of nitrogens with one attached hydrogen (secondary N) is 1. The molecule has 0 heterocycles. The van der Waals surface area contributed by atoms with Crippen molar-refractivity contribution in [3.63, 3.8) is 0 Å². The van der Waals surface area contributed by atoms with E-state index in [1.165, 1.54) is 15.7 Å². The second-order valence-corrected chi connectivity index (χ2v) is 6.02. The lowest BCUT2D eigenvalue weighted by Crippen LogP contribution is -2.23. The molecular weight excluding hydrogens is 365 g/mol. The Labute approximate surface area is 114 Å². The summed E-state index contributed by atoms with van der Waals surface area (Å²) in [4.78, 5) is 0. The molecule has 84 valence electrons. The molecule has 0 aliphatic carbocycles. The van der Waals surface area contributed by atoms with Crippen molar-refractivity contribution in [2.24, 2.45) is 5.92 Å². The fourth-order valence-corrected chi connectivity index (χ4v) is 2.20. The molecular formula is C12H17BrIN. The van der Waals surface area contributed by atoms with E-state index in [0.717, 1.165) is 4.47 Å². The first kappa shape index (κ1) is 13.3. The van der Waals surface area contributed by atoms with Crippen molar-refractivity contribution < 1.29 is 0 Å². The van der Waals surface area contributed by atoms with Crippen molar-refractivity contribution in [1.82, 2.24) is 0 Å². The molecule has 1 N–H and O–H groups in total. The zero-order chi connectivity index (χ0) is 11.4. The first-order valence-corrected chi connectivity index (χ1v) is 7.13. The second kappa shape index (κ2) is 6.09. The van der Waals surface area contributed by atoms with Crippen LogP contribution in [0.2, 0.25) is 0 Å². The summed E-state index contributed by atoms with van der Waals surface area (Å²) in [6.45, 7) is 6.75. The Kier molecular flexibility index (Phi) is 5.39. The molecule has 0 spiro atoms. The van der Waals surface area contributed by atoms with E-state index in [1.54, 1.807) is 0 Å². The summed E-state index contributed by atoms with van der Waals surface area (Å²) in [6.07, 6.45) is 1.21. The van der Waals surface area contributed by atoms with Gasteiger partial charge in [0.05, 0.1) is 0 Å². The van der Waals surface area contributed by atoms with Crippen LogP contribution < -0.4 is 5.32 Å². The van der Waals surface area contributed by atoms with Crippen LogP contribution >= 0.6 is 38.5 Å². The van der Waals surface area contributed by atoms with E-state index in [0.29, 0.717) is 12.0 Å². The lowest BCUT2D eigenvalue weighted by atomic mass is 10.0. The standard InChI is InChI=1S/C12H17BrIN/c1-4-8(2)9(3)15-12-7-10(13)5-6-11(12)14/h5-9,15H,4H2,1-3H3. The molecule has 0 aromatic heterocycles. The molecule has 1 nitrogen and oxygen atoms in total. The summed E-state index contributed by atoms with van der Waals surface area (Å²) in [7, 11) is 0. The third-order valence-corrected chi connectivity index (χ3v) is 4.24. The quantitative estimate of drug-likeness (QED) is 0.731. The zero-order valence-corrected chi connectivity index (χ0v) is 13.1. The summed E-state index contributed by atoms with van der Waals surface area (Å²) < 4.78 is 2.40. The van der Waals surface area contributed by atoms with E-state index in [2.05, 4.69) is 82.8 Å². The lowest BCUT2D eigenvalue weighted by Gasteiger charge is -2.22. The third-order valence-electron chi connectivity index (χ3n) is 2.81. The molecule has 1 aromatic rings. The maximum atomic E-state index is 3.56. The predicted molar refractivity (Wildman–Crippen MR) is 79.4 cm³/mol. The molecule has 0 saturated heterocycles. The van der Waals surface area contributed by atoms with Gasteiger partial charge in [-0.3, -0.25) is 0 Å². The van der Waals surface area contributed by atoms with Gasteiger partial charge in [0.15, 0.2) is 0 Å². The van der Waals surface area contributed by atoms with Gasteiger partial charge < -0.3 is 5.32 Å². The van der Waals surface area contributed by atoms with Crippen LogP contribution in [0.5, 0.6) is 0 Å². The second-order valence-electron chi connectivity index (χ2n) is 3.94. The molecule has 0 fully saturated rings. The fourth-order valence-electron chi connectivity index (χ4n) is 1.35. The normalized spacial score (nSPS) is 14.7. The number of benzene rings is 1. The van der Waals surface area contributed by atoms with Crippen LogP contribution in [0.25, 0.3) is 0 Å². The van der Waals surface area contributed by atoms with Gasteiger partial charge in [-0.2, -0.15) is 0 Å². The number of rotatable bonds is 4. The molecule has 0 aliphatic rings. The van der Waals surface area contributed by atoms with E-state index < -0.39 is 0 Å². The van der Waals surface area contributed by atoms with Crippen molar-refractivity contribution >= 4 is 44.2 Å². The molecule has 0 bridgehead atoms. The smallest absolute Gasteiger partial charge is 0.0489 e. The Morgan fingerprint density at radius 2 is 2.07 bits per heavy atom. The van der Waals surface area contributed by atoms with Crippen LogP contribution in [0.4, 0.5) is 5.69 Å². The lowest BCUT2D eigenvalue weighted by molar-refractivity contribution is 0.494. The van der Waals surface area contributed by atoms with Gasteiger partial charge in [-0.15, -0.1) is 0 Å². The van der Waals surface area contributed by atoms with Crippen LogP contribution in [0.15, 0.2) is 22.7 Å². The van der Waals surface area contributed by atoms with Gasteiger partial charge in [-0.05, 0) is 53.6 Å². The van der Waals surface area contributed by atoms with E-state index >= 15 is 0 Å². The summed E-state index contributed by atoms with van der Waals surface area (Å²) in [5.41, 5.74) is 1.22. The highest BCUT2D eigenvalue weighted by molar-refractivity contribution is 14.1. The topological polar surface area (TPSA) is 12.0 Å². The van der Waals surface area contributed by atoms with Gasteiger partial charge in [-0.25, -0.2) is 0 Å². The van der Waals surface area contributed by atoms with Crippen molar-refractivity contribution in [1.29, 1.82) is 0 Å². The average molecular weight is 382 g/mol. The van der Waals surface area contributed by atoms with Crippen LogP contribution in [0.3, 0.4) is 0 Å². The van der Waals surface area contributed by atoms with Crippen molar-refractivity contribution in [2.45, 2.75) is 33.2 Å². The van der Waals surface area contributed by atoms with Crippen molar-refractivity contribution in [2.75, 3.05) is 5.32 Å². The fraction of sp³-hybridized carbons (Fsp3) is 0.500. The summed E-state index contributed by atoms with van der Waals surface area (Å²) in [5.74, 6) is 0.694. The zero-order valence-electron chi connectivity index (χ0n) is 9.35. The Morgan fingerprint density at radius 3 is 2.67 bits per heavy atom. The maximum absolute atomic E-state index is 3.56. The molecule has 1 rings (SSSR count). The van der Waals surface area contributed by atoms with E-state index in [9.17, 15) is 0 Å². The summed E-state index contributed by atoms with van der Waals surface area (Å²) in [6, 6.07) is 6.84. The number of halogens is 2. The molecule has 0 radical (unpaired) electrons. The van der Waals surface area contributed by atoms with Crippen molar-refractivity contribution in [3.05, 3.63) is 26.2 Å². The first-order valence-electron chi connectivity index (χ1n) is 5.26. The highest BCUT2D eigenvalue weighted by Gasteiger charge is 2.11. The molecule has 1 aromatic carbocycles. The minimum Gasteiger partial charge on any atom is -0.381 e. The Bertz CT molecular complexity index is 327. The highest BCUT2D eigenvalue weighted by atomic mass is 127. The van der Waals surface area contributed by atoms with Gasteiger partial charge in [0, 0.05) is 19.8 Å². The van der Waals surface area contributed by atoms with Crippen LogP contribution in [0.1, 0.15) is 27.2 Å². The van der Waals surface area contributed by atoms with Gasteiger partial charge in [0.25, 0.3) is 0 Å². The van der Waals surface area contributed by atoms with Gasteiger partial charge in [0.2, 0.25) is 0 Å². The molecule has 2 atom stereocenters. The van der Waals surface area contributed by atoms with Crippen LogP contribution in [-0.4, -0.2) is 6.04 Å². The van der Waals surface area contributed by atoms with E-state index in [4.69, 9.17) is 0 Å². The minimum absolute atomic E-state index is 0.512. The van der Waals surface area contributed by atoms with Gasteiger partial charge in [0.1, 0.15) is 0 Å². The van der Waals surface area contributed by atoms with Crippen molar-refractivity contribution in [3.8, 4) is 0 Å². The van der Waals surface area contributed by atoms with E-state index in [1.807, 2.05) is 0 Å². The number of anilines is 1. The molecule has 0 aliphatic heterocycles. The van der Waals surface area contributed by atoms with Crippen LogP contribution in [-0.2, 0) is 0 Å². The third kappa shape index (κ3) is 3.94. The van der Waals surface area contributed by atoms with Crippen LogP contribution in [0, 0.1) is 9.49 Å². The summed E-state index contributed by atoms with van der Waals surface area (Å²) >= 11 is 5.86. The SMILES string of the molecule is CCC(C)C(C)Nc1cc(Br)ccc1I. The Hall–Kier alpha value is 0.230. The summed E-state index contributed by atoms with van der Waals surface area (Å²) in [5, 5.41) is 3.56. The van der Waals surface area contributed by atoms with Gasteiger partial charge in [-0.1, -0.05) is 36.2 Å². The largest absolute Gasteiger partial charge is 0.381 e. The highest BCUT2D eigenvalue weighted by Crippen LogP contribution is 2.25. The number of hydrogen-bond acceptors (Lipinski definition) is 1. The minimum atomic E-state index is 0.512. The maximum Gasteiger partial charge on any atom is 0.0489 e. The van der Waals surface area contributed by atoms with Gasteiger partial charge >= 0.3 is 0 Å². The Morgan fingerprint density at radius 1 is 1.40 bits per heavy atom. The van der Waals surface area contributed by atoms with E-state index in [-0.39, 0.29) is 0 Å². The molecule has 2 unspecified atom stereocenters. The predicted octanol–water partition coefficient (Wildman–Crippen LogP) is 4.90. The average Bonchev–Trinajstić information content (AvgIpc) is 2.22. The molecule has 0 amide bonds. The monoisotopic (exact) mass is 381 g/mol. The molecule has 3 heteroatoms. The Balaban J connectivity index is 2.75. The first-order chi connectivity index (χ1) is 7.04.